The molecule has 5 unspecified atom stereocenters. The molecule has 108 valence electrons. The van der Waals surface area contributed by atoms with Crippen LogP contribution in [0.2, 0.25) is 0 Å². The molecule has 0 saturated carbocycles. The van der Waals surface area contributed by atoms with Crippen LogP contribution in [0, 0.1) is 5.92 Å². The SMILES string of the molecule is CCC(C)C1NC(=O)C(C)N(C2CCOC2C)C1=O. The highest BCUT2D eigenvalue weighted by molar-refractivity contribution is 5.97. The van der Waals surface area contributed by atoms with Crippen LogP contribution in [0.4, 0.5) is 0 Å². The van der Waals surface area contributed by atoms with Crippen molar-refractivity contribution in [3.63, 3.8) is 0 Å². The number of nitrogens with zero attached hydrogens (tertiary/aromatic N) is 1. The quantitative estimate of drug-likeness (QED) is 0.828. The maximum absolute atomic E-state index is 12.7. The van der Waals surface area contributed by atoms with Gasteiger partial charge in [-0.05, 0) is 26.2 Å². The van der Waals surface area contributed by atoms with Crippen LogP contribution < -0.4 is 5.32 Å². The van der Waals surface area contributed by atoms with E-state index in [1.54, 1.807) is 11.8 Å². The van der Waals surface area contributed by atoms with Crippen molar-refractivity contribution in [3.8, 4) is 0 Å². The Hall–Kier alpha value is -1.10. The maximum atomic E-state index is 12.7. The lowest BCUT2D eigenvalue weighted by Gasteiger charge is -2.43. The minimum Gasteiger partial charge on any atom is -0.376 e. The topological polar surface area (TPSA) is 58.6 Å². The van der Waals surface area contributed by atoms with Gasteiger partial charge >= 0.3 is 0 Å². The third-order valence-electron chi connectivity index (χ3n) is 4.52. The summed E-state index contributed by atoms with van der Waals surface area (Å²) in [5, 5.41) is 2.86. The number of hydrogen-bond donors (Lipinski definition) is 1. The lowest BCUT2D eigenvalue weighted by molar-refractivity contribution is -0.154. The molecule has 2 amide bonds. The van der Waals surface area contributed by atoms with Crippen molar-refractivity contribution in [3.05, 3.63) is 0 Å². The second-order valence-corrected chi connectivity index (χ2v) is 5.73. The minimum absolute atomic E-state index is 0.00915. The molecule has 0 spiro atoms. The molecule has 0 aromatic carbocycles. The molecule has 1 N–H and O–H groups in total. The molecule has 5 atom stereocenters. The Morgan fingerprint density at radius 3 is 2.63 bits per heavy atom. The summed E-state index contributed by atoms with van der Waals surface area (Å²) in [7, 11) is 0. The summed E-state index contributed by atoms with van der Waals surface area (Å²) >= 11 is 0. The van der Waals surface area contributed by atoms with Crippen molar-refractivity contribution in [2.45, 2.75) is 64.8 Å². The van der Waals surface area contributed by atoms with Gasteiger partial charge in [0.1, 0.15) is 12.1 Å². The van der Waals surface area contributed by atoms with Gasteiger partial charge in [0.05, 0.1) is 12.1 Å². The number of carbonyl (C=O) groups excluding carboxylic acids is 2. The van der Waals surface area contributed by atoms with Crippen molar-refractivity contribution in [2.24, 2.45) is 5.92 Å². The second kappa shape index (κ2) is 5.49. The Kier molecular flexibility index (Phi) is 4.13. The Balaban J connectivity index is 2.23. The molecule has 0 bridgehead atoms. The van der Waals surface area contributed by atoms with E-state index in [0.717, 1.165) is 12.8 Å². The normalized spacial score (nSPS) is 37.4. The number of hydrogen-bond acceptors (Lipinski definition) is 3. The molecule has 2 fully saturated rings. The zero-order valence-electron chi connectivity index (χ0n) is 12.2. The smallest absolute Gasteiger partial charge is 0.246 e. The highest BCUT2D eigenvalue weighted by Crippen LogP contribution is 2.26. The third kappa shape index (κ3) is 2.48. The lowest BCUT2D eigenvalue weighted by Crippen LogP contribution is -2.67. The average molecular weight is 268 g/mol. The molecular formula is C14H24N2O3. The summed E-state index contributed by atoms with van der Waals surface area (Å²) in [5.41, 5.74) is 0. The van der Waals surface area contributed by atoms with Crippen LogP contribution in [0.3, 0.4) is 0 Å². The molecule has 2 aliphatic heterocycles. The molecule has 2 heterocycles. The number of nitrogens with one attached hydrogen (secondary N) is 1. The second-order valence-electron chi connectivity index (χ2n) is 5.73. The monoisotopic (exact) mass is 268 g/mol. The largest absolute Gasteiger partial charge is 0.376 e. The maximum Gasteiger partial charge on any atom is 0.246 e. The van der Waals surface area contributed by atoms with Crippen LogP contribution in [0.1, 0.15) is 40.5 Å². The molecule has 0 aromatic rings. The van der Waals surface area contributed by atoms with Crippen molar-refractivity contribution < 1.29 is 14.3 Å². The molecule has 0 aromatic heterocycles. The Morgan fingerprint density at radius 2 is 2.11 bits per heavy atom. The van der Waals surface area contributed by atoms with E-state index in [1.165, 1.54) is 0 Å². The molecule has 5 heteroatoms. The van der Waals surface area contributed by atoms with E-state index in [0.29, 0.717) is 6.61 Å². The van der Waals surface area contributed by atoms with E-state index in [1.807, 2.05) is 20.8 Å². The van der Waals surface area contributed by atoms with Gasteiger partial charge in [-0.2, -0.15) is 0 Å². The van der Waals surface area contributed by atoms with Crippen molar-refractivity contribution in [2.75, 3.05) is 6.61 Å². The van der Waals surface area contributed by atoms with Crippen LogP contribution >= 0.6 is 0 Å². The first-order chi connectivity index (χ1) is 8.97. The van der Waals surface area contributed by atoms with E-state index < -0.39 is 6.04 Å². The molecule has 19 heavy (non-hydrogen) atoms. The molecular weight excluding hydrogens is 244 g/mol. The fourth-order valence-corrected chi connectivity index (χ4v) is 2.97. The van der Waals surface area contributed by atoms with Crippen LogP contribution in [0.25, 0.3) is 0 Å². The van der Waals surface area contributed by atoms with Gasteiger partial charge in [-0.3, -0.25) is 9.59 Å². The van der Waals surface area contributed by atoms with Gasteiger partial charge in [0.25, 0.3) is 0 Å². The van der Waals surface area contributed by atoms with Crippen LogP contribution in [0.5, 0.6) is 0 Å². The highest BCUT2D eigenvalue weighted by Gasteiger charge is 2.45. The fourth-order valence-electron chi connectivity index (χ4n) is 2.97. The van der Waals surface area contributed by atoms with Gasteiger partial charge in [-0.15, -0.1) is 0 Å². The van der Waals surface area contributed by atoms with Gasteiger partial charge in [-0.25, -0.2) is 0 Å². The summed E-state index contributed by atoms with van der Waals surface area (Å²) in [5.74, 6) is 0.150. The third-order valence-corrected chi connectivity index (χ3v) is 4.52. The number of piperazine rings is 1. The first-order valence-electron chi connectivity index (χ1n) is 7.21. The highest BCUT2D eigenvalue weighted by atomic mass is 16.5. The Bertz CT molecular complexity index is 372. The van der Waals surface area contributed by atoms with Gasteiger partial charge in [0, 0.05) is 6.61 Å². The fraction of sp³-hybridized carbons (Fsp3) is 0.857. The van der Waals surface area contributed by atoms with Crippen molar-refractivity contribution in [1.29, 1.82) is 0 Å². The van der Waals surface area contributed by atoms with Crippen LogP contribution in [-0.4, -0.2) is 47.6 Å². The molecule has 5 nitrogen and oxygen atoms in total. The predicted octanol–water partition coefficient (Wildman–Crippen LogP) is 0.925. The standard InChI is InChI=1S/C14H24N2O3/c1-5-8(2)12-14(18)16(9(3)13(17)15-12)11-6-7-19-10(11)4/h8-12H,5-7H2,1-4H3,(H,15,17). The number of amides is 2. The lowest BCUT2D eigenvalue weighted by atomic mass is 9.92. The van der Waals surface area contributed by atoms with E-state index in [2.05, 4.69) is 5.32 Å². The van der Waals surface area contributed by atoms with Gasteiger partial charge in [-0.1, -0.05) is 20.3 Å². The van der Waals surface area contributed by atoms with Crippen LogP contribution in [-0.2, 0) is 14.3 Å². The molecule has 2 saturated heterocycles. The molecule has 2 aliphatic rings. The molecule has 0 aliphatic carbocycles. The van der Waals surface area contributed by atoms with Crippen molar-refractivity contribution >= 4 is 11.8 Å². The summed E-state index contributed by atoms with van der Waals surface area (Å²) in [6, 6.07) is -0.761. The van der Waals surface area contributed by atoms with E-state index in [4.69, 9.17) is 4.74 Å². The number of ether oxygens (including phenoxy) is 1. The molecule has 0 radical (unpaired) electrons. The predicted molar refractivity (Wildman–Crippen MR) is 71.5 cm³/mol. The first kappa shape index (κ1) is 14.3. The van der Waals surface area contributed by atoms with Gasteiger partial charge in [0.2, 0.25) is 11.8 Å². The van der Waals surface area contributed by atoms with E-state index >= 15 is 0 Å². The van der Waals surface area contributed by atoms with E-state index in [-0.39, 0.29) is 35.9 Å². The number of carbonyl (C=O) groups is 2. The zero-order valence-corrected chi connectivity index (χ0v) is 12.2. The summed E-state index contributed by atoms with van der Waals surface area (Å²) in [6.07, 6.45) is 1.70. The van der Waals surface area contributed by atoms with E-state index in [9.17, 15) is 9.59 Å². The summed E-state index contributed by atoms with van der Waals surface area (Å²) < 4.78 is 5.55. The first-order valence-corrected chi connectivity index (χ1v) is 7.21. The minimum atomic E-state index is -0.401. The van der Waals surface area contributed by atoms with Crippen LogP contribution in [0.15, 0.2) is 0 Å². The van der Waals surface area contributed by atoms with Gasteiger partial charge in [0.15, 0.2) is 0 Å². The number of rotatable bonds is 3. The Labute approximate surface area is 114 Å². The van der Waals surface area contributed by atoms with Gasteiger partial charge < -0.3 is 15.0 Å². The van der Waals surface area contributed by atoms with Crippen molar-refractivity contribution in [1.82, 2.24) is 10.2 Å². The Morgan fingerprint density at radius 1 is 1.42 bits per heavy atom. The summed E-state index contributed by atoms with van der Waals surface area (Å²) in [6.45, 7) is 8.48. The summed E-state index contributed by atoms with van der Waals surface area (Å²) in [4.78, 5) is 26.5. The average Bonchev–Trinajstić information content (AvgIpc) is 2.80. The zero-order chi connectivity index (χ0) is 14.2. The molecule has 2 rings (SSSR count).